The average molecular weight is 341 g/mol. The van der Waals surface area contributed by atoms with Gasteiger partial charge in [0.15, 0.2) is 6.61 Å². The molecule has 0 radical (unpaired) electrons. The maximum Gasteiger partial charge on any atom is 0.258 e. The summed E-state index contributed by atoms with van der Waals surface area (Å²) in [5, 5.41) is 2.78. The van der Waals surface area contributed by atoms with Crippen molar-refractivity contribution in [2.75, 3.05) is 19.8 Å². The van der Waals surface area contributed by atoms with Crippen LogP contribution in [0.15, 0.2) is 48.5 Å². The van der Waals surface area contributed by atoms with Crippen LogP contribution >= 0.6 is 0 Å². The number of amides is 1. The molecule has 0 fully saturated rings. The van der Waals surface area contributed by atoms with E-state index in [0.717, 1.165) is 11.3 Å². The lowest BCUT2D eigenvalue weighted by Gasteiger charge is -2.19. The zero-order valence-electron chi connectivity index (χ0n) is 15.5. The third-order valence-corrected chi connectivity index (χ3v) is 3.77. The standard InChI is InChI=1S/C21H27NO3/c1-16-6-5-7-19(14-16)24-13-12-22-20(23)15-25-18-10-8-17(9-11-18)21(2,3)4/h5-11,14H,12-13,15H2,1-4H3,(H,22,23). The number of nitrogens with one attached hydrogen (secondary N) is 1. The number of carbonyl (C=O) groups excluding carboxylic acids is 1. The summed E-state index contributed by atoms with van der Waals surface area (Å²) in [6, 6.07) is 15.7. The molecule has 2 rings (SSSR count). The van der Waals surface area contributed by atoms with Gasteiger partial charge in [-0.25, -0.2) is 0 Å². The normalized spacial score (nSPS) is 11.0. The predicted octanol–water partition coefficient (Wildman–Crippen LogP) is 3.87. The van der Waals surface area contributed by atoms with Crippen LogP contribution in [-0.2, 0) is 10.2 Å². The fourth-order valence-corrected chi connectivity index (χ4v) is 2.32. The number of rotatable bonds is 7. The first-order valence-corrected chi connectivity index (χ1v) is 8.54. The molecule has 0 aliphatic rings. The summed E-state index contributed by atoms with van der Waals surface area (Å²) < 4.78 is 11.1. The molecule has 2 aromatic carbocycles. The van der Waals surface area contributed by atoms with Crippen molar-refractivity contribution in [3.8, 4) is 11.5 Å². The smallest absolute Gasteiger partial charge is 0.258 e. The van der Waals surface area contributed by atoms with Gasteiger partial charge in [0.2, 0.25) is 0 Å². The van der Waals surface area contributed by atoms with Crippen LogP contribution in [0.2, 0.25) is 0 Å². The number of hydrogen-bond acceptors (Lipinski definition) is 3. The minimum Gasteiger partial charge on any atom is -0.492 e. The molecule has 0 saturated carbocycles. The van der Waals surface area contributed by atoms with Crippen molar-refractivity contribution in [1.82, 2.24) is 5.32 Å². The van der Waals surface area contributed by atoms with E-state index < -0.39 is 0 Å². The quantitative estimate of drug-likeness (QED) is 0.778. The average Bonchev–Trinajstić information content (AvgIpc) is 2.56. The number of ether oxygens (including phenoxy) is 2. The molecule has 0 saturated heterocycles. The summed E-state index contributed by atoms with van der Waals surface area (Å²) in [7, 11) is 0. The SMILES string of the molecule is Cc1cccc(OCCNC(=O)COc2ccc(C(C)(C)C)cc2)c1. The van der Waals surface area contributed by atoms with Gasteiger partial charge >= 0.3 is 0 Å². The van der Waals surface area contributed by atoms with Crippen LogP contribution in [0.1, 0.15) is 31.9 Å². The Bertz CT molecular complexity index is 687. The number of aryl methyl sites for hydroxylation is 1. The predicted molar refractivity (Wildman–Crippen MR) is 100 cm³/mol. The molecular weight excluding hydrogens is 314 g/mol. The fourth-order valence-electron chi connectivity index (χ4n) is 2.32. The van der Waals surface area contributed by atoms with E-state index in [-0.39, 0.29) is 17.9 Å². The van der Waals surface area contributed by atoms with Crippen LogP contribution < -0.4 is 14.8 Å². The third kappa shape index (κ3) is 6.49. The molecule has 0 bridgehead atoms. The van der Waals surface area contributed by atoms with Gasteiger partial charge in [-0.2, -0.15) is 0 Å². The van der Waals surface area contributed by atoms with E-state index in [4.69, 9.17) is 9.47 Å². The van der Waals surface area contributed by atoms with Crippen molar-refractivity contribution in [3.05, 3.63) is 59.7 Å². The highest BCUT2D eigenvalue weighted by molar-refractivity contribution is 5.77. The van der Waals surface area contributed by atoms with E-state index in [2.05, 4.69) is 26.1 Å². The van der Waals surface area contributed by atoms with Gasteiger partial charge in [0.25, 0.3) is 5.91 Å². The van der Waals surface area contributed by atoms with Gasteiger partial charge in [-0.15, -0.1) is 0 Å². The summed E-state index contributed by atoms with van der Waals surface area (Å²) in [6.45, 7) is 9.37. The minimum absolute atomic E-state index is 0.000685. The van der Waals surface area contributed by atoms with Crippen LogP contribution in [0.3, 0.4) is 0 Å². The highest BCUT2D eigenvalue weighted by Gasteiger charge is 2.13. The molecular formula is C21H27NO3. The monoisotopic (exact) mass is 341 g/mol. The van der Waals surface area contributed by atoms with Crippen LogP contribution in [0.4, 0.5) is 0 Å². The first kappa shape index (κ1) is 18.8. The van der Waals surface area contributed by atoms with E-state index in [0.29, 0.717) is 18.9 Å². The molecule has 0 aliphatic carbocycles. The van der Waals surface area contributed by atoms with Gasteiger partial charge in [-0.05, 0) is 47.7 Å². The second-order valence-electron chi connectivity index (χ2n) is 7.08. The minimum atomic E-state index is -0.159. The Morgan fingerprint density at radius 1 is 1.00 bits per heavy atom. The zero-order chi connectivity index (χ0) is 18.3. The molecule has 1 amide bonds. The zero-order valence-corrected chi connectivity index (χ0v) is 15.5. The van der Waals surface area contributed by atoms with Crippen LogP contribution in [-0.4, -0.2) is 25.7 Å². The molecule has 134 valence electrons. The maximum absolute atomic E-state index is 11.8. The van der Waals surface area contributed by atoms with Gasteiger partial charge < -0.3 is 14.8 Å². The lowest BCUT2D eigenvalue weighted by atomic mass is 9.87. The summed E-state index contributed by atoms with van der Waals surface area (Å²) in [4.78, 5) is 11.8. The van der Waals surface area contributed by atoms with E-state index >= 15 is 0 Å². The van der Waals surface area contributed by atoms with Gasteiger partial charge in [0.05, 0.1) is 6.54 Å². The summed E-state index contributed by atoms with van der Waals surface area (Å²) in [5.41, 5.74) is 2.48. The Morgan fingerprint density at radius 3 is 2.36 bits per heavy atom. The highest BCUT2D eigenvalue weighted by atomic mass is 16.5. The lowest BCUT2D eigenvalue weighted by Crippen LogP contribution is -2.32. The topological polar surface area (TPSA) is 47.6 Å². The van der Waals surface area contributed by atoms with E-state index in [1.165, 1.54) is 5.56 Å². The van der Waals surface area contributed by atoms with Gasteiger partial charge in [-0.3, -0.25) is 4.79 Å². The molecule has 2 aromatic rings. The van der Waals surface area contributed by atoms with Crippen molar-refractivity contribution in [2.45, 2.75) is 33.1 Å². The Kier molecular flexibility index (Phi) is 6.45. The van der Waals surface area contributed by atoms with Crippen molar-refractivity contribution < 1.29 is 14.3 Å². The fraction of sp³-hybridized carbons (Fsp3) is 0.381. The van der Waals surface area contributed by atoms with Crippen molar-refractivity contribution >= 4 is 5.91 Å². The van der Waals surface area contributed by atoms with Gasteiger partial charge in [0, 0.05) is 0 Å². The molecule has 0 aromatic heterocycles. The van der Waals surface area contributed by atoms with Crippen molar-refractivity contribution in [2.24, 2.45) is 0 Å². The van der Waals surface area contributed by atoms with Crippen molar-refractivity contribution in [1.29, 1.82) is 0 Å². The first-order valence-electron chi connectivity index (χ1n) is 8.54. The Hall–Kier alpha value is -2.49. The van der Waals surface area contributed by atoms with Crippen molar-refractivity contribution in [3.63, 3.8) is 0 Å². The largest absolute Gasteiger partial charge is 0.492 e. The summed E-state index contributed by atoms with van der Waals surface area (Å²) >= 11 is 0. The number of hydrogen-bond donors (Lipinski definition) is 1. The van der Waals surface area contributed by atoms with E-state index in [1.807, 2.05) is 55.5 Å². The van der Waals surface area contributed by atoms with E-state index in [9.17, 15) is 4.79 Å². The second-order valence-corrected chi connectivity index (χ2v) is 7.08. The first-order chi connectivity index (χ1) is 11.8. The molecule has 4 nitrogen and oxygen atoms in total. The molecule has 0 unspecified atom stereocenters. The van der Waals surface area contributed by atoms with Gasteiger partial charge in [0.1, 0.15) is 18.1 Å². The number of carbonyl (C=O) groups is 1. The molecule has 0 aliphatic heterocycles. The Morgan fingerprint density at radius 2 is 1.72 bits per heavy atom. The Labute approximate surface area is 150 Å². The summed E-state index contributed by atoms with van der Waals surface area (Å²) in [5.74, 6) is 1.34. The lowest BCUT2D eigenvalue weighted by molar-refractivity contribution is -0.123. The molecule has 4 heteroatoms. The van der Waals surface area contributed by atoms with Crippen LogP contribution in [0, 0.1) is 6.92 Å². The molecule has 0 atom stereocenters. The Balaban J connectivity index is 1.67. The number of benzene rings is 2. The maximum atomic E-state index is 11.8. The third-order valence-electron chi connectivity index (χ3n) is 3.77. The molecule has 1 N–H and O–H groups in total. The highest BCUT2D eigenvalue weighted by Crippen LogP contribution is 2.24. The summed E-state index contributed by atoms with van der Waals surface area (Å²) in [6.07, 6.45) is 0. The van der Waals surface area contributed by atoms with Crippen LogP contribution in [0.5, 0.6) is 11.5 Å². The van der Waals surface area contributed by atoms with Gasteiger partial charge in [-0.1, -0.05) is 45.0 Å². The second kappa shape index (κ2) is 8.56. The molecule has 25 heavy (non-hydrogen) atoms. The van der Waals surface area contributed by atoms with E-state index in [1.54, 1.807) is 0 Å². The molecule has 0 heterocycles. The molecule has 0 spiro atoms. The van der Waals surface area contributed by atoms with Crippen LogP contribution in [0.25, 0.3) is 0 Å².